The van der Waals surface area contributed by atoms with E-state index in [1.807, 2.05) is 18.2 Å². The summed E-state index contributed by atoms with van der Waals surface area (Å²) in [6, 6.07) is 7.36. The fourth-order valence-electron chi connectivity index (χ4n) is 1.53. The molecule has 0 bridgehead atoms. The minimum Gasteiger partial charge on any atom is -0.391 e. The maximum atomic E-state index is 12.1. The summed E-state index contributed by atoms with van der Waals surface area (Å²) in [5.41, 5.74) is 0.941. The molecule has 0 saturated carbocycles. The number of aliphatic hydroxyl groups is 1. The predicted octanol–water partition coefficient (Wildman–Crippen LogP) is 1.52. The molecule has 0 fully saturated rings. The van der Waals surface area contributed by atoms with E-state index in [2.05, 4.69) is 15.3 Å². The fraction of sp³-hybridized carbons (Fsp3) is 0.357. The fourth-order valence-corrected chi connectivity index (χ4v) is 1.53. The lowest BCUT2D eigenvalue weighted by Gasteiger charge is -2.29. The number of hydrogen-bond acceptors (Lipinski definition) is 4. The van der Waals surface area contributed by atoms with Gasteiger partial charge in [0.15, 0.2) is 0 Å². The van der Waals surface area contributed by atoms with E-state index in [-0.39, 0.29) is 11.6 Å². The first-order valence-electron chi connectivity index (χ1n) is 6.12. The molecule has 0 spiro atoms. The second kappa shape index (κ2) is 4.93. The number of aromatic nitrogens is 2. The molecule has 5 nitrogen and oxygen atoms in total. The molecule has 1 amide bonds. The van der Waals surface area contributed by atoms with Gasteiger partial charge in [0.1, 0.15) is 5.69 Å². The molecule has 1 atom stereocenters. The zero-order valence-electron chi connectivity index (χ0n) is 11.2. The zero-order valence-corrected chi connectivity index (χ0v) is 11.2. The standard InChI is InChI=1S/C14H17N3O2/c1-9(18)14(2,3)17-13(19)12-8-15-10-6-4-5-7-11(10)16-12/h4-9,18H,1-3H3,(H,17,19). The van der Waals surface area contributed by atoms with Gasteiger partial charge >= 0.3 is 0 Å². The van der Waals surface area contributed by atoms with E-state index < -0.39 is 11.6 Å². The van der Waals surface area contributed by atoms with Crippen LogP contribution in [0, 0.1) is 0 Å². The van der Waals surface area contributed by atoms with Gasteiger partial charge in [-0.25, -0.2) is 4.98 Å². The number of carbonyl (C=O) groups is 1. The third-order valence-corrected chi connectivity index (χ3v) is 3.16. The summed E-state index contributed by atoms with van der Waals surface area (Å²) < 4.78 is 0. The second-order valence-electron chi connectivity index (χ2n) is 5.10. The Morgan fingerprint density at radius 3 is 2.58 bits per heavy atom. The van der Waals surface area contributed by atoms with Crippen molar-refractivity contribution < 1.29 is 9.90 Å². The summed E-state index contributed by atoms with van der Waals surface area (Å²) in [6.07, 6.45) is 0.778. The van der Waals surface area contributed by atoms with Crippen LogP contribution < -0.4 is 5.32 Å². The Kier molecular flexibility index (Phi) is 3.48. The van der Waals surface area contributed by atoms with Gasteiger partial charge in [0, 0.05) is 0 Å². The van der Waals surface area contributed by atoms with E-state index in [1.165, 1.54) is 6.20 Å². The molecule has 1 unspecified atom stereocenters. The first kappa shape index (κ1) is 13.4. The lowest BCUT2D eigenvalue weighted by molar-refractivity contribution is 0.0705. The summed E-state index contributed by atoms with van der Waals surface area (Å²) in [7, 11) is 0. The summed E-state index contributed by atoms with van der Waals surface area (Å²) in [5.74, 6) is -0.343. The molecule has 0 radical (unpaired) electrons. The lowest BCUT2D eigenvalue weighted by atomic mass is 9.98. The van der Waals surface area contributed by atoms with Crippen molar-refractivity contribution in [2.24, 2.45) is 0 Å². The van der Waals surface area contributed by atoms with Crippen molar-refractivity contribution in [2.45, 2.75) is 32.4 Å². The molecule has 100 valence electrons. The Labute approximate surface area is 111 Å². The van der Waals surface area contributed by atoms with Gasteiger partial charge in [-0.3, -0.25) is 9.78 Å². The van der Waals surface area contributed by atoms with Gasteiger partial charge in [0.25, 0.3) is 5.91 Å². The average molecular weight is 259 g/mol. The number of carbonyl (C=O) groups excluding carboxylic acids is 1. The largest absolute Gasteiger partial charge is 0.391 e. The van der Waals surface area contributed by atoms with Gasteiger partial charge in [0.05, 0.1) is 28.9 Å². The van der Waals surface area contributed by atoms with E-state index in [0.29, 0.717) is 5.52 Å². The van der Waals surface area contributed by atoms with Crippen LogP contribution in [0.4, 0.5) is 0 Å². The molecule has 2 rings (SSSR count). The Bertz CT molecular complexity index is 608. The maximum Gasteiger partial charge on any atom is 0.272 e. The van der Waals surface area contributed by atoms with Crippen LogP contribution >= 0.6 is 0 Å². The summed E-state index contributed by atoms with van der Waals surface area (Å²) in [6.45, 7) is 5.14. The lowest BCUT2D eigenvalue weighted by Crippen LogP contribution is -2.51. The van der Waals surface area contributed by atoms with Crippen LogP contribution in [0.5, 0.6) is 0 Å². The monoisotopic (exact) mass is 259 g/mol. The Morgan fingerprint density at radius 1 is 1.32 bits per heavy atom. The molecular weight excluding hydrogens is 242 g/mol. The number of aliphatic hydroxyl groups excluding tert-OH is 1. The molecule has 19 heavy (non-hydrogen) atoms. The Hall–Kier alpha value is -2.01. The van der Waals surface area contributed by atoms with Crippen molar-refractivity contribution in [3.63, 3.8) is 0 Å². The SMILES string of the molecule is CC(O)C(C)(C)NC(=O)c1cnc2ccccc2n1. The highest BCUT2D eigenvalue weighted by atomic mass is 16.3. The second-order valence-corrected chi connectivity index (χ2v) is 5.10. The van der Waals surface area contributed by atoms with Gasteiger partial charge < -0.3 is 10.4 Å². The quantitative estimate of drug-likeness (QED) is 0.876. The van der Waals surface area contributed by atoms with Crippen molar-refractivity contribution >= 4 is 16.9 Å². The molecule has 0 aliphatic carbocycles. The number of fused-ring (bicyclic) bond motifs is 1. The third-order valence-electron chi connectivity index (χ3n) is 3.16. The van der Waals surface area contributed by atoms with Crippen LogP contribution in [-0.4, -0.2) is 32.6 Å². The summed E-state index contributed by atoms with van der Waals surface area (Å²) in [4.78, 5) is 20.5. The van der Waals surface area contributed by atoms with Crippen LogP contribution in [0.1, 0.15) is 31.3 Å². The van der Waals surface area contributed by atoms with Crippen molar-refractivity contribution in [2.75, 3.05) is 0 Å². The molecule has 1 heterocycles. The van der Waals surface area contributed by atoms with E-state index in [0.717, 1.165) is 5.52 Å². The third kappa shape index (κ3) is 2.88. The van der Waals surface area contributed by atoms with Crippen LogP contribution in [0.15, 0.2) is 30.5 Å². The number of nitrogens with zero attached hydrogens (tertiary/aromatic N) is 2. The molecule has 2 N–H and O–H groups in total. The number of para-hydroxylation sites is 2. The molecule has 2 aromatic rings. The normalized spacial score (nSPS) is 13.3. The first-order chi connectivity index (χ1) is 8.90. The number of benzene rings is 1. The maximum absolute atomic E-state index is 12.1. The van der Waals surface area contributed by atoms with Crippen molar-refractivity contribution in [3.05, 3.63) is 36.2 Å². The van der Waals surface area contributed by atoms with Crippen LogP contribution in [0.25, 0.3) is 11.0 Å². The van der Waals surface area contributed by atoms with E-state index in [4.69, 9.17) is 0 Å². The highest BCUT2D eigenvalue weighted by Gasteiger charge is 2.27. The highest BCUT2D eigenvalue weighted by Crippen LogP contribution is 2.12. The van der Waals surface area contributed by atoms with Crippen LogP contribution in [-0.2, 0) is 0 Å². The van der Waals surface area contributed by atoms with Crippen LogP contribution in [0.3, 0.4) is 0 Å². The zero-order chi connectivity index (χ0) is 14.0. The molecule has 1 aromatic heterocycles. The highest BCUT2D eigenvalue weighted by molar-refractivity contribution is 5.94. The molecule has 0 aliphatic rings. The minimum absolute atomic E-state index is 0.243. The van der Waals surface area contributed by atoms with Gasteiger partial charge in [-0.1, -0.05) is 12.1 Å². The van der Waals surface area contributed by atoms with Gasteiger partial charge in [-0.05, 0) is 32.9 Å². The smallest absolute Gasteiger partial charge is 0.272 e. The van der Waals surface area contributed by atoms with Crippen LogP contribution in [0.2, 0.25) is 0 Å². The van der Waals surface area contributed by atoms with E-state index in [1.54, 1.807) is 26.8 Å². The Morgan fingerprint density at radius 2 is 1.95 bits per heavy atom. The molecule has 5 heteroatoms. The van der Waals surface area contributed by atoms with Gasteiger partial charge in [-0.15, -0.1) is 0 Å². The van der Waals surface area contributed by atoms with Gasteiger partial charge in [-0.2, -0.15) is 0 Å². The Balaban J connectivity index is 2.27. The van der Waals surface area contributed by atoms with Gasteiger partial charge in [0.2, 0.25) is 0 Å². The molecule has 1 aromatic carbocycles. The summed E-state index contributed by atoms with van der Waals surface area (Å²) in [5, 5.41) is 12.3. The first-order valence-corrected chi connectivity index (χ1v) is 6.12. The molecular formula is C14H17N3O2. The number of amides is 1. The number of hydrogen-bond donors (Lipinski definition) is 2. The average Bonchev–Trinajstić information content (AvgIpc) is 2.37. The topological polar surface area (TPSA) is 75.1 Å². The minimum atomic E-state index is -0.718. The van der Waals surface area contributed by atoms with Crippen molar-refractivity contribution in [1.29, 1.82) is 0 Å². The van der Waals surface area contributed by atoms with E-state index >= 15 is 0 Å². The van der Waals surface area contributed by atoms with Crippen molar-refractivity contribution in [3.8, 4) is 0 Å². The number of rotatable bonds is 3. The predicted molar refractivity (Wildman–Crippen MR) is 72.8 cm³/mol. The molecule has 0 aliphatic heterocycles. The number of nitrogens with one attached hydrogen (secondary N) is 1. The van der Waals surface area contributed by atoms with Crippen molar-refractivity contribution in [1.82, 2.24) is 15.3 Å². The van der Waals surface area contributed by atoms with E-state index in [9.17, 15) is 9.90 Å². The molecule has 0 saturated heterocycles. The summed E-state index contributed by atoms with van der Waals surface area (Å²) >= 11 is 0.